The Bertz CT molecular complexity index is 270. The first-order valence-corrected chi connectivity index (χ1v) is 6.95. The number of nitrogens with zero attached hydrogens (tertiary/aromatic N) is 2. The number of piperidine rings is 1. The lowest BCUT2D eigenvalue weighted by Crippen LogP contribution is -2.39. The van der Waals surface area contributed by atoms with Crippen LogP contribution in [0.3, 0.4) is 0 Å². The van der Waals surface area contributed by atoms with E-state index in [-0.39, 0.29) is 11.8 Å². The molecule has 0 saturated carbocycles. The monoisotopic (exact) mass is 236 g/mol. The lowest BCUT2D eigenvalue weighted by Gasteiger charge is -2.29. The summed E-state index contributed by atoms with van der Waals surface area (Å²) < 4.78 is 0. The van der Waals surface area contributed by atoms with Gasteiger partial charge in [-0.05, 0) is 19.3 Å². The molecule has 1 amide bonds. The maximum atomic E-state index is 11.9. The summed E-state index contributed by atoms with van der Waals surface area (Å²) >= 11 is 0. The molecule has 1 aliphatic rings. The summed E-state index contributed by atoms with van der Waals surface area (Å²) in [4.78, 5) is 13.8. The third kappa shape index (κ3) is 5.21. The van der Waals surface area contributed by atoms with E-state index in [4.69, 9.17) is 5.26 Å². The Hall–Kier alpha value is -1.04. The summed E-state index contributed by atoms with van der Waals surface area (Å²) in [5, 5.41) is 8.88. The van der Waals surface area contributed by atoms with Crippen molar-refractivity contribution in [1.82, 2.24) is 4.90 Å². The highest BCUT2D eigenvalue weighted by molar-refractivity contribution is 5.76. The van der Waals surface area contributed by atoms with Gasteiger partial charge in [0.1, 0.15) is 0 Å². The Morgan fingerprint density at radius 3 is 2.82 bits per heavy atom. The molecular weight excluding hydrogens is 212 g/mol. The van der Waals surface area contributed by atoms with E-state index in [1.54, 1.807) is 0 Å². The van der Waals surface area contributed by atoms with Gasteiger partial charge in [-0.1, -0.05) is 32.6 Å². The molecular formula is C14H24N2O. The van der Waals surface area contributed by atoms with E-state index in [2.05, 4.69) is 13.0 Å². The minimum Gasteiger partial charge on any atom is -0.341 e. The highest BCUT2D eigenvalue weighted by atomic mass is 16.2. The van der Waals surface area contributed by atoms with Crippen molar-refractivity contribution >= 4 is 5.91 Å². The van der Waals surface area contributed by atoms with Crippen molar-refractivity contribution in [3.63, 3.8) is 0 Å². The molecule has 0 aromatic rings. The molecule has 0 radical (unpaired) electrons. The molecule has 0 aromatic carbocycles. The quantitative estimate of drug-likeness (QED) is 0.665. The second kappa shape index (κ2) is 8.11. The number of carbonyl (C=O) groups excluding carboxylic acids is 1. The molecule has 0 aliphatic carbocycles. The molecule has 3 nitrogen and oxygen atoms in total. The van der Waals surface area contributed by atoms with E-state index in [1.807, 2.05) is 4.90 Å². The molecule has 0 bridgehead atoms. The zero-order valence-corrected chi connectivity index (χ0v) is 11.0. The summed E-state index contributed by atoms with van der Waals surface area (Å²) in [5.74, 6) is 0.314. The SMILES string of the molecule is CCCCCCCC(=O)N1CCCC(C#N)C1. The van der Waals surface area contributed by atoms with E-state index >= 15 is 0 Å². The first-order valence-electron chi connectivity index (χ1n) is 6.95. The molecule has 1 atom stereocenters. The van der Waals surface area contributed by atoms with Gasteiger partial charge in [-0.2, -0.15) is 5.26 Å². The molecule has 96 valence electrons. The van der Waals surface area contributed by atoms with Crippen molar-refractivity contribution in [3.8, 4) is 6.07 Å². The molecule has 17 heavy (non-hydrogen) atoms. The van der Waals surface area contributed by atoms with Crippen molar-refractivity contribution in [2.45, 2.75) is 58.3 Å². The molecule has 3 heteroatoms. The van der Waals surface area contributed by atoms with Crippen molar-refractivity contribution in [2.24, 2.45) is 5.92 Å². The standard InChI is InChI=1S/C14H24N2O/c1-2-3-4-5-6-9-14(17)16-10-7-8-13(11-15)12-16/h13H,2-10,12H2,1H3. The summed E-state index contributed by atoms with van der Waals surface area (Å²) in [6, 6.07) is 2.28. The number of hydrogen-bond acceptors (Lipinski definition) is 2. The molecule has 0 aromatic heterocycles. The van der Waals surface area contributed by atoms with Crippen molar-refractivity contribution in [2.75, 3.05) is 13.1 Å². The van der Waals surface area contributed by atoms with Crippen LogP contribution < -0.4 is 0 Å². The fourth-order valence-corrected chi connectivity index (χ4v) is 2.35. The van der Waals surface area contributed by atoms with Gasteiger partial charge in [0.25, 0.3) is 0 Å². The number of hydrogen-bond donors (Lipinski definition) is 0. The van der Waals surface area contributed by atoms with E-state index in [9.17, 15) is 4.79 Å². The second-order valence-electron chi connectivity index (χ2n) is 4.97. The number of likely N-dealkylation sites (tertiary alicyclic amines) is 1. The molecule has 1 rings (SSSR count). The summed E-state index contributed by atoms with van der Waals surface area (Å²) in [7, 11) is 0. The van der Waals surface area contributed by atoms with Crippen LogP contribution in [-0.4, -0.2) is 23.9 Å². The molecule has 1 fully saturated rings. The average Bonchev–Trinajstić information content (AvgIpc) is 2.38. The highest BCUT2D eigenvalue weighted by Crippen LogP contribution is 2.17. The normalized spacial score (nSPS) is 20.0. The zero-order valence-electron chi connectivity index (χ0n) is 11.0. The van der Waals surface area contributed by atoms with E-state index in [0.717, 1.165) is 32.2 Å². The van der Waals surface area contributed by atoms with Crippen LogP contribution >= 0.6 is 0 Å². The third-order valence-electron chi connectivity index (χ3n) is 3.45. The van der Waals surface area contributed by atoms with E-state index in [0.29, 0.717) is 13.0 Å². The molecule has 0 spiro atoms. The van der Waals surface area contributed by atoms with Gasteiger partial charge >= 0.3 is 0 Å². The molecule has 1 saturated heterocycles. The van der Waals surface area contributed by atoms with Crippen LogP contribution in [0.1, 0.15) is 58.3 Å². The lowest BCUT2D eigenvalue weighted by molar-refractivity contribution is -0.132. The molecule has 0 N–H and O–H groups in total. The number of rotatable bonds is 6. The van der Waals surface area contributed by atoms with Crippen LogP contribution in [0.5, 0.6) is 0 Å². The number of carbonyl (C=O) groups is 1. The van der Waals surface area contributed by atoms with Gasteiger partial charge in [0.05, 0.1) is 12.0 Å². The van der Waals surface area contributed by atoms with Gasteiger partial charge < -0.3 is 4.90 Å². The van der Waals surface area contributed by atoms with Crippen LogP contribution in [0.25, 0.3) is 0 Å². The first-order chi connectivity index (χ1) is 8.27. The van der Waals surface area contributed by atoms with Gasteiger partial charge in [-0.25, -0.2) is 0 Å². The number of nitriles is 1. The smallest absolute Gasteiger partial charge is 0.222 e. The Labute approximate surface area is 105 Å². The van der Waals surface area contributed by atoms with Crippen LogP contribution in [0.4, 0.5) is 0 Å². The van der Waals surface area contributed by atoms with Crippen LogP contribution in [0.2, 0.25) is 0 Å². The highest BCUT2D eigenvalue weighted by Gasteiger charge is 2.22. The topological polar surface area (TPSA) is 44.1 Å². The summed E-state index contributed by atoms with van der Waals surface area (Å²) in [6.45, 7) is 3.71. The third-order valence-corrected chi connectivity index (χ3v) is 3.45. The van der Waals surface area contributed by atoms with Gasteiger partial charge in [-0.15, -0.1) is 0 Å². The van der Waals surface area contributed by atoms with E-state index in [1.165, 1.54) is 19.3 Å². The van der Waals surface area contributed by atoms with Crippen LogP contribution in [0.15, 0.2) is 0 Å². The van der Waals surface area contributed by atoms with Crippen molar-refractivity contribution in [1.29, 1.82) is 5.26 Å². The largest absolute Gasteiger partial charge is 0.341 e. The Morgan fingerprint density at radius 2 is 2.12 bits per heavy atom. The Morgan fingerprint density at radius 1 is 1.35 bits per heavy atom. The Kier molecular flexibility index (Phi) is 6.69. The summed E-state index contributed by atoms with van der Waals surface area (Å²) in [6.07, 6.45) is 8.53. The summed E-state index contributed by atoms with van der Waals surface area (Å²) in [5.41, 5.74) is 0. The average molecular weight is 236 g/mol. The predicted molar refractivity (Wildman–Crippen MR) is 68.3 cm³/mol. The molecule has 1 unspecified atom stereocenters. The lowest BCUT2D eigenvalue weighted by atomic mass is 9.99. The minimum absolute atomic E-state index is 0.0628. The minimum atomic E-state index is 0.0628. The maximum Gasteiger partial charge on any atom is 0.222 e. The molecule has 1 heterocycles. The van der Waals surface area contributed by atoms with Crippen LogP contribution in [0, 0.1) is 17.2 Å². The first kappa shape index (κ1) is 14.0. The van der Waals surface area contributed by atoms with Gasteiger partial charge in [0.15, 0.2) is 0 Å². The predicted octanol–water partition coefficient (Wildman–Crippen LogP) is 3.11. The van der Waals surface area contributed by atoms with Gasteiger partial charge in [-0.3, -0.25) is 4.79 Å². The van der Waals surface area contributed by atoms with Crippen LogP contribution in [-0.2, 0) is 4.79 Å². The Balaban J connectivity index is 2.16. The fourth-order valence-electron chi connectivity index (χ4n) is 2.35. The van der Waals surface area contributed by atoms with Crippen molar-refractivity contribution in [3.05, 3.63) is 0 Å². The van der Waals surface area contributed by atoms with Gasteiger partial charge in [0.2, 0.25) is 5.91 Å². The van der Waals surface area contributed by atoms with Gasteiger partial charge in [0, 0.05) is 19.5 Å². The molecule has 1 aliphatic heterocycles. The van der Waals surface area contributed by atoms with E-state index < -0.39 is 0 Å². The fraction of sp³-hybridized carbons (Fsp3) is 0.857. The van der Waals surface area contributed by atoms with Crippen molar-refractivity contribution < 1.29 is 4.79 Å². The second-order valence-corrected chi connectivity index (χ2v) is 4.97. The zero-order chi connectivity index (χ0) is 12.5. The number of unbranched alkanes of at least 4 members (excludes halogenated alkanes) is 4. The maximum absolute atomic E-state index is 11.9. The number of amides is 1.